The molecule has 1 aliphatic carbocycles. The summed E-state index contributed by atoms with van der Waals surface area (Å²) in [4.78, 5) is 39.1. The van der Waals surface area contributed by atoms with E-state index < -0.39 is 17.5 Å². The summed E-state index contributed by atoms with van der Waals surface area (Å²) >= 11 is 0. The molecule has 27 heavy (non-hydrogen) atoms. The van der Waals surface area contributed by atoms with Gasteiger partial charge in [0.1, 0.15) is 12.1 Å². The Bertz CT molecular complexity index is 969. The van der Waals surface area contributed by atoms with Gasteiger partial charge in [-0.2, -0.15) is 0 Å². The molecule has 2 aliphatic rings. The fourth-order valence-electron chi connectivity index (χ4n) is 3.95. The number of nitrogens with zero attached hydrogens (tertiary/aromatic N) is 1. The van der Waals surface area contributed by atoms with Crippen molar-refractivity contribution in [2.45, 2.75) is 32.2 Å². The molecule has 2 aromatic carbocycles. The molecule has 1 heterocycles. The Morgan fingerprint density at radius 2 is 1.93 bits per heavy atom. The lowest BCUT2D eigenvalue weighted by molar-refractivity contribution is -0.134. The predicted molar refractivity (Wildman–Crippen MR) is 101 cm³/mol. The van der Waals surface area contributed by atoms with E-state index in [1.807, 2.05) is 50.2 Å². The Hall–Kier alpha value is -3.15. The molecule has 1 spiro atoms. The number of rotatable bonds is 3. The minimum atomic E-state index is -1.03. The molecule has 6 nitrogen and oxygen atoms in total. The summed E-state index contributed by atoms with van der Waals surface area (Å²) in [7, 11) is 0. The molecule has 138 valence electrons. The topological polar surface area (TPSA) is 78.5 Å². The maximum atomic E-state index is 13.1. The Labute approximate surface area is 157 Å². The average molecular weight is 363 g/mol. The molecular formula is C21H21N3O3. The van der Waals surface area contributed by atoms with Crippen LogP contribution in [0.3, 0.4) is 0 Å². The Balaban J connectivity index is 1.54. The maximum Gasteiger partial charge on any atom is 0.325 e. The first-order valence-corrected chi connectivity index (χ1v) is 9.01. The zero-order valence-electron chi connectivity index (χ0n) is 15.3. The Kier molecular flexibility index (Phi) is 3.98. The van der Waals surface area contributed by atoms with E-state index in [-0.39, 0.29) is 12.5 Å². The normalized spacial score (nSPS) is 20.7. The number of aryl methyl sites for hydroxylation is 2. The second-order valence-corrected chi connectivity index (χ2v) is 7.18. The minimum Gasteiger partial charge on any atom is -0.324 e. The molecule has 0 aromatic heterocycles. The minimum absolute atomic E-state index is 0.304. The van der Waals surface area contributed by atoms with Crippen LogP contribution in [0.1, 0.15) is 28.7 Å². The number of carbonyl (C=O) groups excluding carboxylic acids is 3. The number of hydrogen-bond donors (Lipinski definition) is 2. The lowest BCUT2D eigenvalue weighted by atomic mass is 9.92. The first kappa shape index (κ1) is 17.3. The van der Waals surface area contributed by atoms with Gasteiger partial charge in [0.15, 0.2) is 0 Å². The van der Waals surface area contributed by atoms with E-state index in [1.165, 1.54) is 0 Å². The van der Waals surface area contributed by atoms with Crippen LogP contribution in [-0.2, 0) is 21.5 Å². The van der Waals surface area contributed by atoms with Crippen LogP contribution < -0.4 is 10.6 Å². The third kappa shape index (κ3) is 2.68. The Morgan fingerprint density at radius 1 is 1.15 bits per heavy atom. The van der Waals surface area contributed by atoms with Gasteiger partial charge in [0, 0.05) is 5.69 Å². The molecular weight excluding hydrogens is 342 g/mol. The molecule has 2 aromatic rings. The molecule has 4 amide bonds. The van der Waals surface area contributed by atoms with E-state index in [9.17, 15) is 14.4 Å². The molecule has 1 atom stereocenters. The zero-order chi connectivity index (χ0) is 19.2. The van der Waals surface area contributed by atoms with Crippen molar-refractivity contribution in [3.05, 3.63) is 64.7 Å². The molecule has 0 bridgehead atoms. The van der Waals surface area contributed by atoms with Crippen molar-refractivity contribution in [3.8, 4) is 0 Å². The van der Waals surface area contributed by atoms with Gasteiger partial charge in [-0.1, -0.05) is 36.4 Å². The number of imide groups is 1. The van der Waals surface area contributed by atoms with Crippen LogP contribution in [0.2, 0.25) is 0 Å². The van der Waals surface area contributed by atoms with Crippen LogP contribution in [0.5, 0.6) is 0 Å². The lowest BCUT2D eigenvalue weighted by Crippen LogP contribution is -2.43. The van der Waals surface area contributed by atoms with Crippen LogP contribution in [0, 0.1) is 13.8 Å². The highest BCUT2D eigenvalue weighted by Gasteiger charge is 2.55. The fraction of sp³-hybridized carbons (Fsp3) is 0.286. The highest BCUT2D eigenvalue weighted by atomic mass is 16.2. The van der Waals surface area contributed by atoms with Crippen LogP contribution in [0.15, 0.2) is 42.5 Å². The third-order valence-electron chi connectivity index (χ3n) is 5.60. The van der Waals surface area contributed by atoms with Gasteiger partial charge in [0.2, 0.25) is 5.91 Å². The van der Waals surface area contributed by atoms with Gasteiger partial charge in [0.05, 0.1) is 0 Å². The number of nitrogens with one attached hydrogen (secondary N) is 2. The van der Waals surface area contributed by atoms with Gasteiger partial charge in [-0.15, -0.1) is 0 Å². The SMILES string of the molecule is Cc1cccc(NC(=O)CN2C(=O)NC3(CCc4ccccc43)C2=O)c1C. The quantitative estimate of drug-likeness (QED) is 0.823. The number of amides is 4. The van der Waals surface area contributed by atoms with E-state index in [2.05, 4.69) is 10.6 Å². The molecule has 6 heteroatoms. The molecule has 1 fully saturated rings. The molecule has 1 saturated heterocycles. The highest BCUT2D eigenvalue weighted by molar-refractivity contribution is 6.11. The third-order valence-corrected chi connectivity index (χ3v) is 5.60. The molecule has 1 unspecified atom stereocenters. The smallest absolute Gasteiger partial charge is 0.324 e. The van der Waals surface area contributed by atoms with Gasteiger partial charge in [-0.25, -0.2) is 4.79 Å². The molecule has 0 radical (unpaired) electrons. The van der Waals surface area contributed by atoms with Crippen molar-refractivity contribution in [2.75, 3.05) is 11.9 Å². The summed E-state index contributed by atoms with van der Waals surface area (Å²) in [6.07, 6.45) is 1.25. The second kappa shape index (κ2) is 6.23. The summed E-state index contributed by atoms with van der Waals surface area (Å²) in [5.74, 6) is -0.746. The lowest BCUT2D eigenvalue weighted by Gasteiger charge is -2.22. The van der Waals surface area contributed by atoms with Crippen LogP contribution in [-0.4, -0.2) is 29.3 Å². The van der Waals surface area contributed by atoms with Crippen LogP contribution in [0.4, 0.5) is 10.5 Å². The maximum absolute atomic E-state index is 13.1. The van der Waals surface area contributed by atoms with Crippen molar-refractivity contribution in [1.29, 1.82) is 0 Å². The summed E-state index contributed by atoms with van der Waals surface area (Å²) in [6.45, 7) is 3.58. The van der Waals surface area contributed by atoms with Gasteiger partial charge < -0.3 is 10.6 Å². The number of fused-ring (bicyclic) bond motifs is 2. The average Bonchev–Trinajstić information content (AvgIpc) is 3.13. The number of benzene rings is 2. The van der Waals surface area contributed by atoms with Gasteiger partial charge >= 0.3 is 6.03 Å². The second-order valence-electron chi connectivity index (χ2n) is 7.18. The number of anilines is 1. The van der Waals surface area contributed by atoms with Gasteiger partial charge in [-0.3, -0.25) is 14.5 Å². The van der Waals surface area contributed by atoms with E-state index in [0.717, 1.165) is 33.6 Å². The Morgan fingerprint density at radius 3 is 2.74 bits per heavy atom. The van der Waals surface area contributed by atoms with E-state index in [1.54, 1.807) is 6.07 Å². The van der Waals surface area contributed by atoms with Crippen molar-refractivity contribution < 1.29 is 14.4 Å². The number of urea groups is 1. The summed E-state index contributed by atoms with van der Waals surface area (Å²) < 4.78 is 0. The van der Waals surface area contributed by atoms with Crippen LogP contribution in [0.25, 0.3) is 0 Å². The molecule has 4 rings (SSSR count). The van der Waals surface area contributed by atoms with Crippen molar-refractivity contribution in [1.82, 2.24) is 10.2 Å². The fourth-order valence-corrected chi connectivity index (χ4v) is 3.95. The van der Waals surface area contributed by atoms with E-state index in [0.29, 0.717) is 12.1 Å². The number of carbonyl (C=O) groups is 3. The monoisotopic (exact) mass is 363 g/mol. The first-order valence-electron chi connectivity index (χ1n) is 9.01. The molecule has 1 aliphatic heterocycles. The van der Waals surface area contributed by atoms with E-state index >= 15 is 0 Å². The number of hydrogen-bond acceptors (Lipinski definition) is 3. The molecule has 2 N–H and O–H groups in total. The molecule has 0 saturated carbocycles. The largest absolute Gasteiger partial charge is 0.325 e. The van der Waals surface area contributed by atoms with Crippen molar-refractivity contribution in [3.63, 3.8) is 0 Å². The predicted octanol–water partition coefficient (Wildman–Crippen LogP) is 2.64. The summed E-state index contributed by atoms with van der Waals surface area (Å²) in [5.41, 5.74) is 3.57. The first-order chi connectivity index (χ1) is 12.9. The zero-order valence-corrected chi connectivity index (χ0v) is 15.3. The highest BCUT2D eigenvalue weighted by Crippen LogP contribution is 2.41. The van der Waals surface area contributed by atoms with Crippen LogP contribution >= 0.6 is 0 Å². The van der Waals surface area contributed by atoms with E-state index in [4.69, 9.17) is 0 Å². The van der Waals surface area contributed by atoms with Crippen molar-refractivity contribution >= 4 is 23.5 Å². The summed E-state index contributed by atoms with van der Waals surface area (Å²) in [6, 6.07) is 12.7. The standard InChI is InChI=1S/C21H21N3O3/c1-13-6-5-9-17(14(13)2)22-18(25)12-24-19(26)21(23-20(24)27)11-10-15-7-3-4-8-16(15)21/h3-9H,10-12H2,1-2H3,(H,22,25)(H,23,27). The summed E-state index contributed by atoms with van der Waals surface area (Å²) in [5, 5.41) is 5.64. The van der Waals surface area contributed by atoms with Gasteiger partial charge in [-0.05, 0) is 55.0 Å². The van der Waals surface area contributed by atoms with Gasteiger partial charge in [0.25, 0.3) is 5.91 Å². The van der Waals surface area contributed by atoms with Crippen molar-refractivity contribution in [2.24, 2.45) is 0 Å².